The van der Waals surface area contributed by atoms with E-state index in [-0.39, 0.29) is 11.4 Å². The first-order valence-corrected chi connectivity index (χ1v) is 8.34. The van der Waals surface area contributed by atoms with E-state index in [4.69, 9.17) is 4.42 Å². The summed E-state index contributed by atoms with van der Waals surface area (Å²) < 4.78 is 7.01. The van der Waals surface area contributed by atoms with Crippen molar-refractivity contribution >= 4 is 44.2 Å². The third-order valence-corrected chi connectivity index (χ3v) is 4.80. The number of rotatable bonds is 3. The summed E-state index contributed by atoms with van der Waals surface area (Å²) in [6, 6.07) is 5.47. The minimum Gasteiger partial charge on any atom is -0.859 e. The van der Waals surface area contributed by atoms with Gasteiger partial charge < -0.3 is 14.1 Å². The van der Waals surface area contributed by atoms with Gasteiger partial charge in [-0.3, -0.25) is 10.1 Å². The van der Waals surface area contributed by atoms with Crippen molar-refractivity contribution < 1.29 is 14.3 Å². The normalized spacial score (nSPS) is 11.4. The fourth-order valence-corrected chi connectivity index (χ4v) is 3.55. The summed E-state index contributed by atoms with van der Waals surface area (Å²) in [7, 11) is 0. The summed E-state index contributed by atoms with van der Waals surface area (Å²) in [5, 5.41) is 17.4. The van der Waals surface area contributed by atoms with Crippen LogP contribution in [0.3, 0.4) is 0 Å². The molecule has 0 saturated carbocycles. The quantitative estimate of drug-likeness (QED) is 0.619. The topological polar surface area (TPSA) is 83.1 Å². The number of hydrogen-bond donors (Lipinski definition) is 1. The van der Waals surface area contributed by atoms with Gasteiger partial charge in [0, 0.05) is 33.9 Å². The van der Waals surface area contributed by atoms with Gasteiger partial charge in [0.15, 0.2) is 5.13 Å². The maximum absolute atomic E-state index is 12.7. The Labute approximate surface area is 141 Å². The molecule has 1 aromatic carbocycles. The molecule has 3 heterocycles. The van der Waals surface area contributed by atoms with Gasteiger partial charge in [-0.15, -0.1) is 11.3 Å². The molecule has 0 radical (unpaired) electrons. The highest BCUT2D eigenvalue weighted by molar-refractivity contribution is 7.15. The molecule has 6 nitrogen and oxygen atoms in total. The SMILES string of the molecule is CCn1c([O-])c(C(=O)Nc2ncc(C)s2)c2cc3occc3cc21. The lowest BCUT2D eigenvalue weighted by atomic mass is 10.1. The molecule has 0 spiro atoms. The van der Waals surface area contributed by atoms with Gasteiger partial charge in [-0.05, 0) is 37.9 Å². The highest BCUT2D eigenvalue weighted by Crippen LogP contribution is 2.34. The molecular weight excluding hydrogens is 326 g/mol. The maximum atomic E-state index is 12.7. The van der Waals surface area contributed by atoms with Crippen molar-refractivity contribution in [3.63, 3.8) is 0 Å². The Balaban J connectivity index is 1.89. The molecule has 4 aromatic rings. The van der Waals surface area contributed by atoms with Crippen molar-refractivity contribution in [3.8, 4) is 5.88 Å². The zero-order valence-corrected chi connectivity index (χ0v) is 13.9. The number of nitrogens with zero attached hydrogens (tertiary/aromatic N) is 2. The van der Waals surface area contributed by atoms with Crippen LogP contribution in [0.5, 0.6) is 5.88 Å². The van der Waals surface area contributed by atoms with Crippen molar-refractivity contribution in [1.29, 1.82) is 0 Å². The van der Waals surface area contributed by atoms with Crippen LogP contribution in [0.15, 0.2) is 35.1 Å². The van der Waals surface area contributed by atoms with Crippen LogP contribution in [-0.2, 0) is 6.54 Å². The summed E-state index contributed by atoms with van der Waals surface area (Å²) in [6.07, 6.45) is 3.27. The molecule has 1 N–H and O–H groups in total. The van der Waals surface area contributed by atoms with Crippen LogP contribution in [0.2, 0.25) is 0 Å². The molecule has 0 aliphatic carbocycles. The van der Waals surface area contributed by atoms with E-state index >= 15 is 0 Å². The molecule has 1 amide bonds. The third kappa shape index (κ3) is 2.16. The lowest BCUT2D eigenvalue weighted by Crippen LogP contribution is -2.14. The van der Waals surface area contributed by atoms with Crippen LogP contribution in [0.25, 0.3) is 21.9 Å². The predicted molar refractivity (Wildman–Crippen MR) is 91.6 cm³/mol. The monoisotopic (exact) mass is 340 g/mol. The highest BCUT2D eigenvalue weighted by atomic mass is 32.1. The molecule has 4 rings (SSSR count). The van der Waals surface area contributed by atoms with Crippen LogP contribution in [0, 0.1) is 6.92 Å². The van der Waals surface area contributed by atoms with E-state index in [1.807, 2.05) is 26.0 Å². The molecule has 3 aromatic heterocycles. The van der Waals surface area contributed by atoms with Gasteiger partial charge in [-0.25, -0.2) is 4.98 Å². The minimum atomic E-state index is -0.447. The molecule has 24 heavy (non-hydrogen) atoms. The molecule has 0 aliphatic rings. The Kier molecular flexibility index (Phi) is 3.31. The fourth-order valence-electron chi connectivity index (χ4n) is 2.89. The number of benzene rings is 1. The first-order valence-electron chi connectivity index (χ1n) is 7.52. The number of carbonyl (C=O) groups is 1. The summed E-state index contributed by atoms with van der Waals surface area (Å²) in [6.45, 7) is 4.28. The van der Waals surface area contributed by atoms with Crippen LogP contribution in [0.1, 0.15) is 22.2 Å². The maximum Gasteiger partial charge on any atom is 0.258 e. The Morgan fingerprint density at radius 2 is 2.29 bits per heavy atom. The molecule has 0 atom stereocenters. The first kappa shape index (κ1) is 14.8. The zero-order valence-electron chi connectivity index (χ0n) is 13.1. The average Bonchev–Trinajstić information content (AvgIpc) is 3.22. The van der Waals surface area contributed by atoms with Gasteiger partial charge >= 0.3 is 0 Å². The fraction of sp³-hybridized carbons (Fsp3) is 0.176. The number of thiazole rings is 1. The average molecular weight is 340 g/mol. The van der Waals surface area contributed by atoms with Crippen LogP contribution in [0.4, 0.5) is 5.13 Å². The van der Waals surface area contributed by atoms with Gasteiger partial charge in [0.1, 0.15) is 5.58 Å². The summed E-state index contributed by atoms with van der Waals surface area (Å²) in [5.41, 5.74) is 1.50. The lowest BCUT2D eigenvalue weighted by molar-refractivity contribution is -0.278. The number of fused-ring (bicyclic) bond motifs is 2. The number of nitrogens with one attached hydrogen (secondary N) is 1. The van der Waals surface area contributed by atoms with Crippen molar-refractivity contribution in [2.24, 2.45) is 0 Å². The Morgan fingerprint density at radius 1 is 1.46 bits per heavy atom. The number of carbonyl (C=O) groups excluding carboxylic acids is 1. The standard InChI is InChI=1S/C17H15N3O3S/c1-3-20-12-6-10-4-5-23-13(10)7-11(12)14(16(20)22)15(21)19-17-18-8-9(2)24-17/h4-8,22H,3H2,1-2H3,(H,18,19,21)/p-1. The van der Waals surface area contributed by atoms with Gasteiger partial charge in [0.25, 0.3) is 5.91 Å². The van der Waals surface area contributed by atoms with Gasteiger partial charge in [-0.2, -0.15) is 0 Å². The van der Waals surface area contributed by atoms with Crippen molar-refractivity contribution in [3.05, 3.63) is 41.1 Å². The second kappa shape index (κ2) is 5.38. The molecule has 0 bridgehead atoms. The molecule has 0 aliphatic heterocycles. The number of amides is 1. The number of hydrogen-bond acceptors (Lipinski definition) is 5. The number of furan rings is 1. The first-order chi connectivity index (χ1) is 11.6. The highest BCUT2D eigenvalue weighted by Gasteiger charge is 2.19. The van der Waals surface area contributed by atoms with Crippen molar-refractivity contribution in [2.75, 3.05) is 5.32 Å². The summed E-state index contributed by atoms with van der Waals surface area (Å²) >= 11 is 1.37. The lowest BCUT2D eigenvalue weighted by Gasteiger charge is -2.13. The Hall–Kier alpha value is -2.80. The second-order valence-corrected chi connectivity index (χ2v) is 6.72. The summed E-state index contributed by atoms with van der Waals surface area (Å²) in [4.78, 5) is 17.8. The number of aromatic nitrogens is 2. The van der Waals surface area contributed by atoms with Gasteiger partial charge in [0.2, 0.25) is 0 Å². The minimum absolute atomic E-state index is 0.123. The third-order valence-electron chi connectivity index (χ3n) is 3.97. The van der Waals surface area contributed by atoms with E-state index in [0.717, 1.165) is 15.8 Å². The molecule has 0 saturated heterocycles. The van der Waals surface area contributed by atoms with E-state index in [1.165, 1.54) is 11.3 Å². The van der Waals surface area contributed by atoms with Crippen LogP contribution < -0.4 is 10.4 Å². The van der Waals surface area contributed by atoms with Crippen LogP contribution >= 0.6 is 11.3 Å². The van der Waals surface area contributed by atoms with Crippen molar-refractivity contribution in [2.45, 2.75) is 20.4 Å². The second-order valence-electron chi connectivity index (χ2n) is 5.48. The molecule has 0 unspecified atom stereocenters. The largest absolute Gasteiger partial charge is 0.859 e. The van der Waals surface area contributed by atoms with Gasteiger partial charge in [-0.1, -0.05) is 0 Å². The number of anilines is 1. The Morgan fingerprint density at radius 3 is 3.00 bits per heavy atom. The summed E-state index contributed by atoms with van der Waals surface area (Å²) in [5.74, 6) is -0.747. The van der Waals surface area contributed by atoms with Crippen molar-refractivity contribution in [1.82, 2.24) is 9.55 Å². The van der Waals surface area contributed by atoms with E-state index in [1.54, 1.807) is 23.1 Å². The predicted octanol–water partition coefficient (Wildman–Crippen LogP) is 3.50. The van der Waals surface area contributed by atoms with E-state index in [0.29, 0.717) is 22.6 Å². The van der Waals surface area contributed by atoms with Gasteiger partial charge in [0.05, 0.1) is 11.8 Å². The molecule has 0 fully saturated rings. The molecule has 122 valence electrons. The number of aryl methyl sites for hydroxylation is 2. The molecular formula is C17H14N3O3S-. The smallest absolute Gasteiger partial charge is 0.258 e. The molecule has 7 heteroatoms. The van der Waals surface area contributed by atoms with Crippen LogP contribution in [-0.4, -0.2) is 15.5 Å². The van der Waals surface area contributed by atoms with E-state index < -0.39 is 5.91 Å². The Bertz CT molecular complexity index is 1070. The van der Waals surface area contributed by atoms with E-state index in [2.05, 4.69) is 10.3 Å². The van der Waals surface area contributed by atoms with E-state index in [9.17, 15) is 9.90 Å². The zero-order chi connectivity index (χ0) is 16.8.